The van der Waals surface area contributed by atoms with Gasteiger partial charge in [-0.05, 0) is 12.5 Å². The van der Waals surface area contributed by atoms with Crippen molar-refractivity contribution in [1.29, 1.82) is 0 Å². The summed E-state index contributed by atoms with van der Waals surface area (Å²) in [5.74, 6) is 1.60. The molecule has 0 spiro atoms. The average Bonchev–Trinajstić information content (AvgIpc) is 2.66. The lowest BCUT2D eigenvalue weighted by Gasteiger charge is -2.17. The fraction of sp³-hybridized carbons (Fsp3) is 0.500. The Morgan fingerprint density at radius 3 is 3.06 bits per heavy atom. The number of aryl methyl sites for hydroxylation is 1. The number of aliphatic carboxylic acids is 1. The molecule has 0 fully saturated rings. The molecule has 0 saturated heterocycles. The standard InChI is InChI=1S/C12H17N3O2/c1-3-7-14(10-12(16)17)9-11-5-6-13-15(11)8-4-2/h1,5-6H,4,7-10H2,2H3,(H,16,17). The molecule has 1 aromatic rings. The molecule has 0 bridgehead atoms. The maximum absolute atomic E-state index is 10.7. The number of hydrogen-bond acceptors (Lipinski definition) is 3. The zero-order chi connectivity index (χ0) is 12.7. The van der Waals surface area contributed by atoms with Crippen molar-refractivity contribution in [3.05, 3.63) is 18.0 Å². The van der Waals surface area contributed by atoms with Gasteiger partial charge in [0.15, 0.2) is 0 Å². The van der Waals surface area contributed by atoms with Gasteiger partial charge in [-0.1, -0.05) is 12.8 Å². The van der Waals surface area contributed by atoms with Crippen LogP contribution in [0.2, 0.25) is 0 Å². The van der Waals surface area contributed by atoms with Crippen molar-refractivity contribution in [3.8, 4) is 12.3 Å². The Hall–Kier alpha value is -1.80. The van der Waals surface area contributed by atoms with Gasteiger partial charge in [-0.2, -0.15) is 5.10 Å². The van der Waals surface area contributed by atoms with Gasteiger partial charge in [-0.15, -0.1) is 6.42 Å². The summed E-state index contributed by atoms with van der Waals surface area (Å²) in [4.78, 5) is 12.4. The second kappa shape index (κ2) is 6.71. The smallest absolute Gasteiger partial charge is 0.317 e. The fourth-order valence-electron chi connectivity index (χ4n) is 1.62. The summed E-state index contributed by atoms with van der Waals surface area (Å²) < 4.78 is 1.88. The van der Waals surface area contributed by atoms with E-state index in [0.29, 0.717) is 13.1 Å². The van der Waals surface area contributed by atoms with Crippen LogP contribution in [0.1, 0.15) is 19.0 Å². The molecule has 0 atom stereocenters. The van der Waals surface area contributed by atoms with E-state index in [4.69, 9.17) is 11.5 Å². The van der Waals surface area contributed by atoms with Crippen molar-refractivity contribution in [1.82, 2.24) is 14.7 Å². The minimum Gasteiger partial charge on any atom is -0.480 e. The SMILES string of the molecule is C#CCN(CC(=O)O)Cc1ccnn1CCC. The highest BCUT2D eigenvalue weighted by Gasteiger charge is 2.11. The quantitative estimate of drug-likeness (QED) is 0.711. The molecule has 1 heterocycles. The highest BCUT2D eigenvalue weighted by Crippen LogP contribution is 2.05. The van der Waals surface area contributed by atoms with Crippen molar-refractivity contribution in [2.24, 2.45) is 0 Å². The van der Waals surface area contributed by atoms with Crippen LogP contribution < -0.4 is 0 Å². The van der Waals surface area contributed by atoms with Gasteiger partial charge in [0.05, 0.1) is 18.8 Å². The molecule has 0 aliphatic heterocycles. The number of carboxylic acid groups (broad SMARTS) is 1. The molecule has 1 N–H and O–H groups in total. The molecule has 92 valence electrons. The molecule has 0 unspecified atom stereocenters. The number of hydrogen-bond donors (Lipinski definition) is 1. The Morgan fingerprint density at radius 2 is 2.47 bits per heavy atom. The zero-order valence-electron chi connectivity index (χ0n) is 9.96. The van der Waals surface area contributed by atoms with Crippen LogP contribution in [-0.2, 0) is 17.9 Å². The van der Waals surface area contributed by atoms with Crippen LogP contribution in [-0.4, -0.2) is 38.8 Å². The molecular weight excluding hydrogens is 218 g/mol. The van der Waals surface area contributed by atoms with Crippen molar-refractivity contribution in [2.45, 2.75) is 26.4 Å². The largest absolute Gasteiger partial charge is 0.480 e. The van der Waals surface area contributed by atoms with Gasteiger partial charge in [-0.25, -0.2) is 0 Å². The summed E-state index contributed by atoms with van der Waals surface area (Å²) in [5.41, 5.74) is 0.989. The van der Waals surface area contributed by atoms with Gasteiger partial charge >= 0.3 is 5.97 Å². The number of nitrogens with zero attached hydrogens (tertiary/aromatic N) is 3. The fourth-order valence-corrected chi connectivity index (χ4v) is 1.62. The molecule has 0 aliphatic carbocycles. The first-order valence-corrected chi connectivity index (χ1v) is 5.55. The van der Waals surface area contributed by atoms with Crippen molar-refractivity contribution < 1.29 is 9.90 Å². The van der Waals surface area contributed by atoms with Gasteiger partial charge in [0.2, 0.25) is 0 Å². The third-order valence-corrected chi connectivity index (χ3v) is 2.30. The van der Waals surface area contributed by atoms with E-state index >= 15 is 0 Å². The second-order valence-electron chi connectivity index (χ2n) is 3.79. The topological polar surface area (TPSA) is 58.4 Å². The number of carboxylic acids is 1. The van der Waals surface area contributed by atoms with E-state index in [1.54, 1.807) is 11.1 Å². The highest BCUT2D eigenvalue weighted by molar-refractivity contribution is 5.69. The maximum atomic E-state index is 10.7. The van der Waals surface area contributed by atoms with Crippen LogP contribution in [0, 0.1) is 12.3 Å². The number of carbonyl (C=O) groups is 1. The molecular formula is C12H17N3O2. The molecule has 1 rings (SSSR count). The highest BCUT2D eigenvalue weighted by atomic mass is 16.4. The van der Waals surface area contributed by atoms with E-state index in [-0.39, 0.29) is 6.54 Å². The summed E-state index contributed by atoms with van der Waals surface area (Å²) in [5, 5.41) is 13.0. The summed E-state index contributed by atoms with van der Waals surface area (Å²) in [6, 6.07) is 1.89. The van der Waals surface area contributed by atoms with Crippen molar-refractivity contribution in [3.63, 3.8) is 0 Å². The first-order valence-electron chi connectivity index (χ1n) is 5.55. The minimum atomic E-state index is -0.873. The zero-order valence-corrected chi connectivity index (χ0v) is 9.96. The van der Waals surface area contributed by atoms with Crippen LogP contribution in [0.15, 0.2) is 12.3 Å². The van der Waals surface area contributed by atoms with E-state index in [2.05, 4.69) is 17.9 Å². The third-order valence-electron chi connectivity index (χ3n) is 2.30. The molecule has 17 heavy (non-hydrogen) atoms. The van der Waals surface area contributed by atoms with Gasteiger partial charge in [0, 0.05) is 19.3 Å². The Morgan fingerprint density at radius 1 is 1.71 bits per heavy atom. The molecule has 1 aromatic heterocycles. The molecule has 0 aliphatic rings. The first-order chi connectivity index (χ1) is 8.17. The Labute approximate surface area is 101 Å². The lowest BCUT2D eigenvalue weighted by molar-refractivity contribution is -0.138. The summed E-state index contributed by atoms with van der Waals surface area (Å²) in [6.07, 6.45) is 7.93. The molecule has 5 nitrogen and oxygen atoms in total. The minimum absolute atomic E-state index is 0.0541. The third kappa shape index (κ3) is 4.29. The van der Waals surface area contributed by atoms with Crippen LogP contribution in [0.4, 0.5) is 0 Å². The van der Waals surface area contributed by atoms with E-state index in [1.165, 1.54) is 0 Å². The average molecular weight is 235 g/mol. The molecule has 0 amide bonds. The van der Waals surface area contributed by atoms with Crippen LogP contribution in [0.3, 0.4) is 0 Å². The van der Waals surface area contributed by atoms with E-state index < -0.39 is 5.97 Å². The van der Waals surface area contributed by atoms with Gasteiger partial charge in [0.1, 0.15) is 0 Å². The van der Waals surface area contributed by atoms with Crippen molar-refractivity contribution >= 4 is 5.97 Å². The monoisotopic (exact) mass is 235 g/mol. The van der Waals surface area contributed by atoms with Crippen LogP contribution >= 0.6 is 0 Å². The van der Waals surface area contributed by atoms with E-state index in [0.717, 1.165) is 18.7 Å². The summed E-state index contributed by atoms with van der Waals surface area (Å²) in [6.45, 7) is 3.68. The van der Waals surface area contributed by atoms with Gasteiger partial charge < -0.3 is 5.11 Å². The predicted molar refractivity (Wildman–Crippen MR) is 64.3 cm³/mol. The van der Waals surface area contributed by atoms with E-state index in [9.17, 15) is 4.79 Å². The van der Waals surface area contributed by atoms with Crippen LogP contribution in [0.5, 0.6) is 0 Å². The summed E-state index contributed by atoms with van der Waals surface area (Å²) >= 11 is 0. The Balaban J connectivity index is 2.68. The number of aromatic nitrogens is 2. The number of terminal acetylenes is 1. The predicted octanol–water partition coefficient (Wildman–Crippen LogP) is 0.813. The summed E-state index contributed by atoms with van der Waals surface area (Å²) in [7, 11) is 0. The van der Waals surface area contributed by atoms with E-state index in [1.807, 2.05) is 10.7 Å². The number of rotatable bonds is 7. The maximum Gasteiger partial charge on any atom is 0.317 e. The van der Waals surface area contributed by atoms with Gasteiger partial charge in [-0.3, -0.25) is 14.4 Å². The lowest BCUT2D eigenvalue weighted by atomic mass is 10.3. The Bertz CT molecular complexity index is 406. The second-order valence-corrected chi connectivity index (χ2v) is 3.79. The van der Waals surface area contributed by atoms with Crippen molar-refractivity contribution in [2.75, 3.05) is 13.1 Å². The Kier molecular flexibility index (Phi) is 5.24. The normalized spacial score (nSPS) is 10.4. The molecule has 0 saturated carbocycles. The van der Waals surface area contributed by atoms with Gasteiger partial charge in [0.25, 0.3) is 0 Å². The molecule has 0 aromatic carbocycles. The lowest BCUT2D eigenvalue weighted by Crippen LogP contribution is -2.30. The molecule has 0 radical (unpaired) electrons. The molecule has 5 heteroatoms. The van der Waals surface area contributed by atoms with Crippen LogP contribution in [0.25, 0.3) is 0 Å². The first kappa shape index (κ1) is 13.3.